The van der Waals surface area contributed by atoms with Gasteiger partial charge in [0.2, 0.25) is 0 Å². The zero-order valence-corrected chi connectivity index (χ0v) is 12.7. The van der Waals surface area contributed by atoms with Gasteiger partial charge in [0.25, 0.3) is 0 Å². The maximum atomic E-state index is 13.2. The van der Waals surface area contributed by atoms with Gasteiger partial charge in [0.05, 0.1) is 10.2 Å². The third kappa shape index (κ3) is 3.31. The number of hydrogen-bond acceptors (Lipinski definition) is 2. The molecule has 0 fully saturated rings. The normalized spacial score (nSPS) is 10.6. The zero-order chi connectivity index (χ0) is 14.7. The van der Waals surface area contributed by atoms with Crippen LogP contribution in [-0.4, -0.2) is 9.78 Å². The van der Waals surface area contributed by atoms with Crippen LogP contribution >= 0.6 is 15.9 Å². The monoisotopic (exact) mass is 345 g/mol. The van der Waals surface area contributed by atoms with Crippen molar-refractivity contribution in [2.24, 2.45) is 0 Å². The van der Waals surface area contributed by atoms with E-state index in [1.165, 1.54) is 6.07 Å². The summed E-state index contributed by atoms with van der Waals surface area (Å²) in [5, 5.41) is 7.45. The molecule has 3 rings (SSSR count). The molecule has 0 amide bonds. The van der Waals surface area contributed by atoms with E-state index in [1.807, 2.05) is 41.2 Å². The zero-order valence-electron chi connectivity index (χ0n) is 11.1. The molecular weight excluding hydrogens is 333 g/mol. The fraction of sp³-hybridized carbons (Fsp3) is 0.0625. The molecule has 0 aliphatic rings. The molecule has 0 saturated heterocycles. The molecule has 0 aliphatic carbocycles. The molecule has 0 radical (unpaired) electrons. The van der Waals surface area contributed by atoms with Crippen LogP contribution in [0, 0.1) is 5.82 Å². The molecule has 1 N–H and O–H groups in total. The summed E-state index contributed by atoms with van der Waals surface area (Å²) in [6.45, 7) is 0.678. The standard InChI is InChI=1S/C16H13BrFN3/c17-15-10-13(4-7-16(15)18)19-11-12-2-5-14(6-3-12)21-9-1-8-20-21/h1-10,19H,11H2. The van der Waals surface area contributed by atoms with E-state index in [-0.39, 0.29) is 5.82 Å². The molecule has 5 heteroatoms. The highest BCUT2D eigenvalue weighted by Gasteiger charge is 2.01. The lowest BCUT2D eigenvalue weighted by molar-refractivity contribution is 0.621. The van der Waals surface area contributed by atoms with Crippen LogP contribution in [0.15, 0.2) is 65.4 Å². The number of hydrogen-bond donors (Lipinski definition) is 1. The Morgan fingerprint density at radius 1 is 1.14 bits per heavy atom. The highest BCUT2D eigenvalue weighted by atomic mass is 79.9. The predicted octanol–water partition coefficient (Wildman–Crippen LogP) is 4.39. The molecule has 0 atom stereocenters. The van der Waals surface area contributed by atoms with Crippen LogP contribution in [0.2, 0.25) is 0 Å². The van der Waals surface area contributed by atoms with Crippen LogP contribution in [-0.2, 0) is 6.54 Å². The second kappa shape index (κ2) is 6.10. The van der Waals surface area contributed by atoms with E-state index in [4.69, 9.17) is 0 Å². The second-order valence-electron chi connectivity index (χ2n) is 4.60. The number of anilines is 1. The molecule has 0 spiro atoms. The van der Waals surface area contributed by atoms with Crippen LogP contribution < -0.4 is 5.32 Å². The lowest BCUT2D eigenvalue weighted by Gasteiger charge is -2.08. The Balaban J connectivity index is 1.66. The van der Waals surface area contributed by atoms with Crippen molar-refractivity contribution in [2.45, 2.75) is 6.54 Å². The predicted molar refractivity (Wildman–Crippen MR) is 85.0 cm³/mol. The number of aromatic nitrogens is 2. The van der Waals surface area contributed by atoms with Gasteiger partial charge in [-0.15, -0.1) is 0 Å². The van der Waals surface area contributed by atoms with E-state index in [1.54, 1.807) is 18.3 Å². The fourth-order valence-corrected chi connectivity index (χ4v) is 2.38. The van der Waals surface area contributed by atoms with Gasteiger partial charge in [-0.2, -0.15) is 5.10 Å². The first kappa shape index (κ1) is 13.8. The summed E-state index contributed by atoms with van der Waals surface area (Å²) in [6, 6.07) is 14.9. The third-order valence-corrected chi connectivity index (χ3v) is 3.73. The van der Waals surface area contributed by atoms with E-state index in [9.17, 15) is 4.39 Å². The van der Waals surface area contributed by atoms with E-state index in [0.29, 0.717) is 11.0 Å². The van der Waals surface area contributed by atoms with Crippen LogP contribution in [0.4, 0.5) is 10.1 Å². The number of benzene rings is 2. The third-order valence-electron chi connectivity index (χ3n) is 3.12. The molecular formula is C16H13BrFN3. The highest BCUT2D eigenvalue weighted by Crippen LogP contribution is 2.20. The molecule has 2 aromatic carbocycles. The summed E-state index contributed by atoms with van der Waals surface area (Å²) in [5.41, 5.74) is 3.04. The lowest BCUT2D eigenvalue weighted by atomic mass is 10.2. The lowest BCUT2D eigenvalue weighted by Crippen LogP contribution is -2.00. The van der Waals surface area contributed by atoms with Crippen molar-refractivity contribution in [2.75, 3.05) is 5.32 Å². The molecule has 0 aliphatic heterocycles. The summed E-state index contributed by atoms with van der Waals surface area (Å²) >= 11 is 3.18. The van der Waals surface area contributed by atoms with Crippen molar-refractivity contribution in [3.63, 3.8) is 0 Å². The van der Waals surface area contributed by atoms with Crippen LogP contribution in [0.25, 0.3) is 5.69 Å². The van der Waals surface area contributed by atoms with Crippen molar-refractivity contribution in [3.05, 3.63) is 76.8 Å². The average Bonchev–Trinajstić information content (AvgIpc) is 3.03. The summed E-state index contributed by atoms with van der Waals surface area (Å²) in [5.74, 6) is -0.260. The van der Waals surface area contributed by atoms with Gasteiger partial charge >= 0.3 is 0 Å². The fourth-order valence-electron chi connectivity index (χ4n) is 2.00. The smallest absolute Gasteiger partial charge is 0.137 e. The first-order chi connectivity index (χ1) is 10.2. The SMILES string of the molecule is Fc1ccc(NCc2ccc(-n3cccn3)cc2)cc1Br. The van der Waals surface area contributed by atoms with Crippen LogP contribution in [0.3, 0.4) is 0 Å². The van der Waals surface area contributed by atoms with Crippen molar-refractivity contribution in [3.8, 4) is 5.69 Å². The van der Waals surface area contributed by atoms with Crippen LogP contribution in [0.5, 0.6) is 0 Å². The van der Waals surface area contributed by atoms with E-state index >= 15 is 0 Å². The largest absolute Gasteiger partial charge is 0.381 e. The minimum atomic E-state index is -0.260. The summed E-state index contributed by atoms with van der Waals surface area (Å²) in [4.78, 5) is 0. The molecule has 21 heavy (non-hydrogen) atoms. The molecule has 0 unspecified atom stereocenters. The van der Waals surface area contributed by atoms with Gasteiger partial charge in [0.1, 0.15) is 5.82 Å². The van der Waals surface area contributed by atoms with Gasteiger partial charge in [0.15, 0.2) is 0 Å². The Morgan fingerprint density at radius 3 is 2.62 bits per heavy atom. The van der Waals surface area contributed by atoms with E-state index in [2.05, 4.69) is 26.3 Å². The molecule has 3 aromatic rings. The molecule has 1 aromatic heterocycles. The Bertz CT molecular complexity index is 724. The number of nitrogens with one attached hydrogen (secondary N) is 1. The first-order valence-electron chi connectivity index (χ1n) is 6.50. The molecule has 106 valence electrons. The number of rotatable bonds is 4. The Morgan fingerprint density at radius 2 is 1.95 bits per heavy atom. The molecule has 0 saturated carbocycles. The Hall–Kier alpha value is -2.14. The maximum absolute atomic E-state index is 13.2. The van der Waals surface area contributed by atoms with Gasteiger partial charge in [-0.3, -0.25) is 0 Å². The molecule has 3 nitrogen and oxygen atoms in total. The summed E-state index contributed by atoms with van der Waals surface area (Å²) in [7, 11) is 0. The van der Waals surface area contributed by atoms with Crippen molar-refractivity contribution >= 4 is 21.6 Å². The molecule has 1 heterocycles. The highest BCUT2D eigenvalue weighted by molar-refractivity contribution is 9.10. The average molecular weight is 346 g/mol. The van der Waals surface area contributed by atoms with Gasteiger partial charge in [-0.25, -0.2) is 9.07 Å². The Labute approximate surface area is 130 Å². The van der Waals surface area contributed by atoms with E-state index in [0.717, 1.165) is 16.9 Å². The number of halogens is 2. The van der Waals surface area contributed by atoms with Crippen molar-refractivity contribution in [1.82, 2.24) is 9.78 Å². The summed E-state index contributed by atoms with van der Waals surface area (Å²) < 4.78 is 15.4. The minimum Gasteiger partial charge on any atom is -0.381 e. The maximum Gasteiger partial charge on any atom is 0.137 e. The van der Waals surface area contributed by atoms with Gasteiger partial charge in [-0.1, -0.05) is 12.1 Å². The minimum absolute atomic E-state index is 0.260. The topological polar surface area (TPSA) is 29.9 Å². The molecule has 0 bridgehead atoms. The van der Waals surface area contributed by atoms with Crippen molar-refractivity contribution in [1.29, 1.82) is 0 Å². The summed E-state index contributed by atoms with van der Waals surface area (Å²) in [6.07, 6.45) is 3.66. The second-order valence-corrected chi connectivity index (χ2v) is 5.45. The number of nitrogens with zero attached hydrogens (tertiary/aromatic N) is 2. The Kier molecular flexibility index (Phi) is 4.01. The van der Waals surface area contributed by atoms with Gasteiger partial charge in [0, 0.05) is 24.6 Å². The quantitative estimate of drug-likeness (QED) is 0.760. The van der Waals surface area contributed by atoms with E-state index < -0.39 is 0 Å². The first-order valence-corrected chi connectivity index (χ1v) is 7.29. The van der Waals surface area contributed by atoms with Crippen LogP contribution in [0.1, 0.15) is 5.56 Å². The van der Waals surface area contributed by atoms with Gasteiger partial charge in [-0.05, 0) is 57.9 Å². The van der Waals surface area contributed by atoms with Gasteiger partial charge < -0.3 is 5.32 Å². The van der Waals surface area contributed by atoms with Crippen molar-refractivity contribution < 1.29 is 4.39 Å².